The first-order valence-electron chi connectivity index (χ1n) is 4.42. The van der Waals surface area contributed by atoms with E-state index in [1.807, 2.05) is 6.07 Å². The average molecular weight is 298 g/mol. The van der Waals surface area contributed by atoms with Crippen LogP contribution in [0.2, 0.25) is 4.34 Å². The molecular weight excluding hydrogens is 284 g/mol. The maximum atomic E-state index is 9.92. The Balaban J connectivity index is 2.75. The van der Waals surface area contributed by atoms with Crippen LogP contribution in [-0.4, -0.2) is 5.11 Å². The second-order valence-corrected chi connectivity index (χ2v) is 7.09. The van der Waals surface area contributed by atoms with E-state index in [9.17, 15) is 5.11 Å². The van der Waals surface area contributed by atoms with Gasteiger partial charge in [0, 0.05) is 9.35 Å². The summed E-state index contributed by atoms with van der Waals surface area (Å²) in [7, 11) is 0. The van der Waals surface area contributed by atoms with Gasteiger partial charge in [-0.25, -0.2) is 0 Å². The van der Waals surface area contributed by atoms with Crippen LogP contribution in [0.15, 0.2) is 10.5 Å². The monoisotopic (exact) mass is 296 g/mol. The van der Waals surface area contributed by atoms with E-state index in [4.69, 9.17) is 11.6 Å². The van der Waals surface area contributed by atoms with Crippen molar-refractivity contribution in [3.63, 3.8) is 0 Å². The van der Waals surface area contributed by atoms with Crippen LogP contribution in [0.3, 0.4) is 0 Å². The second-order valence-electron chi connectivity index (χ2n) is 4.55. The van der Waals surface area contributed by atoms with Gasteiger partial charge in [-0.3, -0.25) is 0 Å². The van der Waals surface area contributed by atoms with E-state index in [0.29, 0.717) is 4.34 Å². The van der Waals surface area contributed by atoms with Gasteiger partial charge in [-0.1, -0.05) is 32.4 Å². The van der Waals surface area contributed by atoms with Crippen LogP contribution >= 0.6 is 38.9 Å². The molecule has 0 aliphatic rings. The fraction of sp³-hybridized carbons (Fsp3) is 0.600. The van der Waals surface area contributed by atoms with Gasteiger partial charge in [0.25, 0.3) is 0 Å². The Labute approximate surface area is 102 Å². The summed E-state index contributed by atoms with van der Waals surface area (Å²) in [6.45, 7) is 6.33. The Hall–Kier alpha value is 0.430. The topological polar surface area (TPSA) is 20.2 Å². The van der Waals surface area contributed by atoms with Crippen LogP contribution in [-0.2, 0) is 0 Å². The number of hydrogen-bond acceptors (Lipinski definition) is 2. The van der Waals surface area contributed by atoms with E-state index in [1.54, 1.807) is 0 Å². The molecule has 0 fully saturated rings. The highest BCUT2D eigenvalue weighted by atomic mass is 79.9. The van der Waals surface area contributed by atoms with E-state index >= 15 is 0 Å². The first kappa shape index (κ1) is 12.5. The first-order valence-corrected chi connectivity index (χ1v) is 6.41. The normalized spacial score (nSPS) is 14.4. The number of halogens is 2. The third kappa shape index (κ3) is 3.54. The Morgan fingerprint density at radius 1 is 1.57 bits per heavy atom. The molecule has 1 N–H and O–H groups in total. The zero-order valence-corrected chi connectivity index (χ0v) is 11.6. The molecule has 0 saturated heterocycles. The molecule has 4 heteroatoms. The molecule has 0 aliphatic carbocycles. The lowest BCUT2D eigenvalue weighted by molar-refractivity contribution is 0.125. The molecule has 1 rings (SSSR count). The van der Waals surface area contributed by atoms with E-state index < -0.39 is 6.10 Å². The number of rotatable bonds is 2. The van der Waals surface area contributed by atoms with Crippen molar-refractivity contribution in [1.82, 2.24) is 0 Å². The van der Waals surface area contributed by atoms with Crippen molar-refractivity contribution < 1.29 is 5.11 Å². The summed E-state index contributed by atoms with van der Waals surface area (Å²) in [4.78, 5) is 0.928. The quantitative estimate of drug-likeness (QED) is 0.843. The van der Waals surface area contributed by atoms with Crippen molar-refractivity contribution in [2.75, 3.05) is 0 Å². The lowest BCUT2D eigenvalue weighted by atomic mass is 9.89. The first-order chi connectivity index (χ1) is 6.29. The van der Waals surface area contributed by atoms with E-state index in [1.165, 1.54) is 11.3 Å². The van der Waals surface area contributed by atoms with Gasteiger partial charge in [-0.15, -0.1) is 11.3 Å². The molecule has 14 heavy (non-hydrogen) atoms. The highest BCUT2D eigenvalue weighted by molar-refractivity contribution is 9.10. The predicted molar refractivity (Wildman–Crippen MR) is 66.1 cm³/mol. The van der Waals surface area contributed by atoms with Crippen molar-refractivity contribution in [3.05, 3.63) is 19.8 Å². The molecule has 1 aromatic heterocycles. The van der Waals surface area contributed by atoms with Gasteiger partial charge in [0.2, 0.25) is 0 Å². The fourth-order valence-corrected chi connectivity index (χ4v) is 2.93. The molecule has 1 atom stereocenters. The molecule has 1 nitrogen and oxygen atoms in total. The molecule has 0 saturated carbocycles. The molecule has 0 aromatic carbocycles. The summed E-state index contributed by atoms with van der Waals surface area (Å²) in [5.74, 6) is 0. The molecule has 1 unspecified atom stereocenters. The molecule has 1 aromatic rings. The lowest BCUT2D eigenvalue weighted by Gasteiger charge is -2.21. The third-order valence-corrected chi connectivity index (χ3v) is 4.37. The summed E-state index contributed by atoms with van der Waals surface area (Å²) in [6.07, 6.45) is 0.333. The van der Waals surface area contributed by atoms with Crippen LogP contribution in [0, 0.1) is 5.41 Å². The summed E-state index contributed by atoms with van der Waals surface area (Å²) in [5, 5.41) is 9.92. The van der Waals surface area contributed by atoms with Gasteiger partial charge in [-0.05, 0) is 33.8 Å². The number of hydrogen-bond donors (Lipinski definition) is 1. The van der Waals surface area contributed by atoms with Crippen molar-refractivity contribution in [1.29, 1.82) is 0 Å². The average Bonchev–Trinajstić information content (AvgIpc) is 2.28. The molecular formula is C10H14BrClOS. The molecule has 0 bridgehead atoms. The molecule has 80 valence electrons. The number of thiophene rings is 1. The van der Waals surface area contributed by atoms with Crippen LogP contribution in [0.5, 0.6) is 0 Å². The van der Waals surface area contributed by atoms with Gasteiger partial charge in [0.05, 0.1) is 6.10 Å². The van der Waals surface area contributed by atoms with Gasteiger partial charge < -0.3 is 5.11 Å². The fourth-order valence-electron chi connectivity index (χ4n) is 1.21. The molecule has 0 amide bonds. The van der Waals surface area contributed by atoms with Gasteiger partial charge >= 0.3 is 0 Å². The summed E-state index contributed by atoms with van der Waals surface area (Å²) >= 11 is 10.7. The van der Waals surface area contributed by atoms with Crippen molar-refractivity contribution in [3.8, 4) is 0 Å². The van der Waals surface area contributed by atoms with E-state index in [-0.39, 0.29) is 5.41 Å². The predicted octanol–water partition coefficient (Wildman–Crippen LogP) is 4.63. The van der Waals surface area contributed by atoms with Crippen LogP contribution < -0.4 is 0 Å². The summed E-state index contributed by atoms with van der Waals surface area (Å²) < 4.78 is 1.57. The number of aliphatic hydroxyl groups excluding tert-OH is 1. The van der Waals surface area contributed by atoms with Crippen molar-refractivity contribution >= 4 is 38.9 Å². The molecule has 0 aliphatic heterocycles. The summed E-state index contributed by atoms with van der Waals surface area (Å²) in [5.41, 5.74) is 0.127. The third-order valence-electron chi connectivity index (χ3n) is 1.80. The van der Waals surface area contributed by atoms with E-state index in [2.05, 4.69) is 36.7 Å². The van der Waals surface area contributed by atoms with Crippen LogP contribution in [0.25, 0.3) is 0 Å². The minimum atomic E-state index is -0.413. The van der Waals surface area contributed by atoms with Crippen molar-refractivity contribution in [2.45, 2.75) is 33.3 Å². The van der Waals surface area contributed by atoms with Crippen LogP contribution in [0.1, 0.15) is 38.2 Å². The van der Waals surface area contributed by atoms with Gasteiger partial charge in [0.15, 0.2) is 0 Å². The minimum absolute atomic E-state index is 0.127. The van der Waals surface area contributed by atoms with Gasteiger partial charge in [-0.2, -0.15) is 0 Å². The van der Waals surface area contributed by atoms with Crippen LogP contribution in [0.4, 0.5) is 0 Å². The highest BCUT2D eigenvalue weighted by Crippen LogP contribution is 2.38. The standard InChI is InChI=1S/C10H14BrClOS/c1-10(2,3)5-7(13)8-4-6(11)9(12)14-8/h4,7,13H,5H2,1-3H3. The summed E-state index contributed by atoms with van der Waals surface area (Å²) in [6, 6.07) is 1.89. The maximum absolute atomic E-state index is 9.92. The second kappa shape index (κ2) is 4.52. The van der Waals surface area contributed by atoms with Crippen molar-refractivity contribution in [2.24, 2.45) is 5.41 Å². The minimum Gasteiger partial charge on any atom is -0.388 e. The molecule has 0 radical (unpaired) electrons. The molecule has 1 heterocycles. The SMILES string of the molecule is CC(C)(C)CC(O)c1cc(Br)c(Cl)s1. The smallest absolute Gasteiger partial charge is 0.107 e. The van der Waals surface area contributed by atoms with Gasteiger partial charge in [0.1, 0.15) is 4.34 Å². The molecule has 0 spiro atoms. The zero-order valence-electron chi connectivity index (χ0n) is 8.47. The highest BCUT2D eigenvalue weighted by Gasteiger charge is 2.20. The lowest BCUT2D eigenvalue weighted by Crippen LogP contribution is -2.10. The maximum Gasteiger partial charge on any atom is 0.107 e. The Morgan fingerprint density at radius 3 is 2.50 bits per heavy atom. The Morgan fingerprint density at radius 2 is 2.14 bits per heavy atom. The largest absolute Gasteiger partial charge is 0.388 e. The Bertz CT molecular complexity index is 297. The van der Waals surface area contributed by atoms with E-state index in [0.717, 1.165) is 15.8 Å². The Kier molecular flexibility index (Phi) is 4.03. The zero-order chi connectivity index (χ0) is 10.9. The number of aliphatic hydroxyl groups is 1.